The van der Waals surface area contributed by atoms with Gasteiger partial charge in [0.05, 0.1) is 5.56 Å². The fourth-order valence-corrected chi connectivity index (χ4v) is 1.32. The lowest BCUT2D eigenvalue weighted by molar-refractivity contribution is -0.121. The molecule has 0 bridgehead atoms. The highest BCUT2D eigenvalue weighted by atomic mass is 16.5. The van der Waals surface area contributed by atoms with Crippen molar-refractivity contribution in [2.24, 2.45) is 0 Å². The number of ketones is 2. The van der Waals surface area contributed by atoms with Crippen molar-refractivity contribution in [3.05, 3.63) is 29.8 Å². The van der Waals surface area contributed by atoms with Gasteiger partial charge in [0.2, 0.25) is 11.6 Å². The Morgan fingerprint density at radius 1 is 1.23 bits per heavy atom. The standard InChI is InChI=1S/C10H8O3/c1-6-9(11)10(12)7-4-2-3-5-8(7)13-6/h2-6H,1H3. The fourth-order valence-electron chi connectivity index (χ4n) is 1.32. The van der Waals surface area contributed by atoms with Gasteiger partial charge in [0.1, 0.15) is 5.75 Å². The largest absolute Gasteiger partial charge is 0.482 e. The molecule has 0 aromatic heterocycles. The minimum Gasteiger partial charge on any atom is -0.482 e. The van der Waals surface area contributed by atoms with E-state index in [0.29, 0.717) is 11.3 Å². The van der Waals surface area contributed by atoms with Crippen molar-refractivity contribution in [1.82, 2.24) is 0 Å². The molecule has 1 aromatic carbocycles. The van der Waals surface area contributed by atoms with Crippen molar-refractivity contribution < 1.29 is 14.3 Å². The minimum atomic E-state index is -0.651. The molecule has 3 heteroatoms. The second-order valence-corrected chi connectivity index (χ2v) is 2.95. The zero-order valence-electron chi connectivity index (χ0n) is 7.11. The highest BCUT2D eigenvalue weighted by Gasteiger charge is 2.31. The first-order chi connectivity index (χ1) is 6.20. The predicted octanol–water partition coefficient (Wildman–Crippen LogP) is 1.22. The van der Waals surface area contributed by atoms with Crippen LogP contribution >= 0.6 is 0 Å². The third-order valence-electron chi connectivity index (χ3n) is 2.03. The molecule has 0 fully saturated rings. The van der Waals surface area contributed by atoms with E-state index in [1.165, 1.54) is 0 Å². The quantitative estimate of drug-likeness (QED) is 0.558. The highest BCUT2D eigenvalue weighted by molar-refractivity contribution is 6.46. The molecule has 0 radical (unpaired) electrons. The van der Waals surface area contributed by atoms with Crippen molar-refractivity contribution in [2.75, 3.05) is 0 Å². The zero-order valence-corrected chi connectivity index (χ0v) is 7.11. The molecule has 1 unspecified atom stereocenters. The highest BCUT2D eigenvalue weighted by Crippen LogP contribution is 2.24. The van der Waals surface area contributed by atoms with E-state index in [1.54, 1.807) is 31.2 Å². The monoisotopic (exact) mass is 176 g/mol. The Morgan fingerprint density at radius 2 is 1.92 bits per heavy atom. The van der Waals surface area contributed by atoms with Crippen molar-refractivity contribution >= 4 is 11.6 Å². The molecule has 13 heavy (non-hydrogen) atoms. The number of carbonyl (C=O) groups is 2. The maximum atomic E-state index is 11.4. The van der Waals surface area contributed by atoms with Gasteiger partial charge in [0.15, 0.2) is 6.10 Å². The van der Waals surface area contributed by atoms with Gasteiger partial charge in [-0.2, -0.15) is 0 Å². The van der Waals surface area contributed by atoms with Crippen LogP contribution in [0.2, 0.25) is 0 Å². The normalized spacial score (nSPS) is 20.8. The molecule has 1 atom stereocenters. The summed E-state index contributed by atoms with van der Waals surface area (Å²) in [7, 11) is 0. The minimum absolute atomic E-state index is 0.366. The van der Waals surface area contributed by atoms with Gasteiger partial charge in [-0.15, -0.1) is 0 Å². The number of carbonyl (C=O) groups excluding carboxylic acids is 2. The molecular weight excluding hydrogens is 168 g/mol. The topological polar surface area (TPSA) is 43.4 Å². The number of hydrogen-bond donors (Lipinski definition) is 0. The molecule has 0 spiro atoms. The zero-order chi connectivity index (χ0) is 9.42. The van der Waals surface area contributed by atoms with Gasteiger partial charge in [0, 0.05) is 0 Å². The molecule has 0 amide bonds. The third kappa shape index (κ3) is 1.13. The Kier molecular flexibility index (Phi) is 1.65. The van der Waals surface area contributed by atoms with Crippen LogP contribution in [0.3, 0.4) is 0 Å². The van der Waals surface area contributed by atoms with Crippen LogP contribution < -0.4 is 4.74 Å². The number of ether oxygens (including phenoxy) is 1. The van der Waals surface area contributed by atoms with Gasteiger partial charge >= 0.3 is 0 Å². The number of fused-ring (bicyclic) bond motifs is 1. The molecule has 3 nitrogen and oxygen atoms in total. The Labute approximate surface area is 75.3 Å². The number of Topliss-reactive ketones (excluding diaryl/α,β-unsaturated/α-hetero) is 2. The Bertz CT molecular complexity index is 382. The smallest absolute Gasteiger partial charge is 0.243 e. The summed E-state index contributed by atoms with van der Waals surface area (Å²) < 4.78 is 5.24. The van der Waals surface area contributed by atoms with E-state index in [1.807, 2.05) is 0 Å². The Balaban J connectivity index is 2.55. The van der Waals surface area contributed by atoms with E-state index >= 15 is 0 Å². The second kappa shape index (κ2) is 2.69. The molecule has 0 N–H and O–H groups in total. The first-order valence-electron chi connectivity index (χ1n) is 4.04. The number of rotatable bonds is 0. The van der Waals surface area contributed by atoms with E-state index < -0.39 is 17.7 Å². The average molecular weight is 176 g/mol. The summed E-state index contributed by atoms with van der Waals surface area (Å²) in [5.74, 6) is -0.423. The molecule has 2 rings (SSSR count). The van der Waals surface area contributed by atoms with Crippen LogP contribution in [0, 0.1) is 0 Å². The summed E-state index contributed by atoms with van der Waals surface area (Å²) in [6, 6.07) is 6.77. The predicted molar refractivity (Wildman–Crippen MR) is 45.9 cm³/mol. The van der Waals surface area contributed by atoms with E-state index in [-0.39, 0.29) is 0 Å². The van der Waals surface area contributed by atoms with Crippen LogP contribution in [0.5, 0.6) is 5.75 Å². The molecule has 1 heterocycles. The molecule has 0 saturated heterocycles. The molecule has 0 saturated carbocycles. The molecule has 1 aliphatic heterocycles. The van der Waals surface area contributed by atoms with Crippen molar-refractivity contribution in [2.45, 2.75) is 13.0 Å². The molecule has 1 aliphatic rings. The second-order valence-electron chi connectivity index (χ2n) is 2.95. The molecular formula is C10H8O3. The summed E-state index contributed by atoms with van der Waals surface area (Å²) in [6.45, 7) is 1.58. The van der Waals surface area contributed by atoms with Crippen molar-refractivity contribution in [3.63, 3.8) is 0 Å². The Morgan fingerprint density at radius 3 is 2.69 bits per heavy atom. The van der Waals surface area contributed by atoms with Crippen LogP contribution in [-0.4, -0.2) is 17.7 Å². The van der Waals surface area contributed by atoms with E-state index in [2.05, 4.69) is 0 Å². The van der Waals surface area contributed by atoms with Gasteiger partial charge < -0.3 is 4.74 Å². The van der Waals surface area contributed by atoms with Gasteiger partial charge in [-0.1, -0.05) is 12.1 Å². The van der Waals surface area contributed by atoms with E-state index in [4.69, 9.17) is 4.74 Å². The first kappa shape index (κ1) is 7.98. The molecule has 1 aromatic rings. The number of benzene rings is 1. The third-order valence-corrected chi connectivity index (χ3v) is 2.03. The van der Waals surface area contributed by atoms with Crippen LogP contribution in [0.1, 0.15) is 17.3 Å². The summed E-state index contributed by atoms with van der Waals surface area (Å²) in [5, 5.41) is 0. The van der Waals surface area contributed by atoms with Crippen LogP contribution in [0.25, 0.3) is 0 Å². The van der Waals surface area contributed by atoms with Crippen molar-refractivity contribution in [3.8, 4) is 5.75 Å². The van der Waals surface area contributed by atoms with E-state index in [0.717, 1.165) is 0 Å². The van der Waals surface area contributed by atoms with Crippen molar-refractivity contribution in [1.29, 1.82) is 0 Å². The molecule has 0 aliphatic carbocycles. The molecule has 66 valence electrons. The van der Waals surface area contributed by atoms with Crippen LogP contribution in [0.15, 0.2) is 24.3 Å². The van der Waals surface area contributed by atoms with Gasteiger partial charge in [-0.3, -0.25) is 9.59 Å². The maximum Gasteiger partial charge on any atom is 0.243 e. The summed E-state index contributed by atoms with van der Waals surface area (Å²) in [5.41, 5.74) is 0.366. The fraction of sp³-hybridized carbons (Fsp3) is 0.200. The average Bonchev–Trinajstić information content (AvgIpc) is 2.15. The van der Waals surface area contributed by atoms with Gasteiger partial charge in [-0.25, -0.2) is 0 Å². The van der Waals surface area contributed by atoms with Gasteiger partial charge in [-0.05, 0) is 19.1 Å². The van der Waals surface area contributed by atoms with Gasteiger partial charge in [0.25, 0.3) is 0 Å². The number of para-hydroxylation sites is 1. The Hall–Kier alpha value is -1.64. The summed E-state index contributed by atoms with van der Waals surface area (Å²) >= 11 is 0. The summed E-state index contributed by atoms with van der Waals surface area (Å²) in [4.78, 5) is 22.6. The van der Waals surface area contributed by atoms with E-state index in [9.17, 15) is 9.59 Å². The lowest BCUT2D eigenvalue weighted by Crippen LogP contribution is -2.35. The first-order valence-corrected chi connectivity index (χ1v) is 4.04. The number of hydrogen-bond acceptors (Lipinski definition) is 3. The van der Waals surface area contributed by atoms with Crippen LogP contribution in [0.4, 0.5) is 0 Å². The maximum absolute atomic E-state index is 11.4. The lowest BCUT2D eigenvalue weighted by Gasteiger charge is -2.20. The lowest BCUT2D eigenvalue weighted by atomic mass is 10.0. The summed E-state index contributed by atoms with van der Waals surface area (Å²) in [6.07, 6.45) is -0.651. The SMILES string of the molecule is CC1Oc2ccccc2C(=O)C1=O. The van der Waals surface area contributed by atoms with Crippen LogP contribution in [-0.2, 0) is 4.79 Å².